The first kappa shape index (κ1) is 18.2. The van der Waals surface area contributed by atoms with Crippen LogP contribution in [-0.2, 0) is 16.0 Å². The Hall–Kier alpha value is -2.17. The third-order valence-electron chi connectivity index (χ3n) is 4.11. The van der Waals surface area contributed by atoms with Gasteiger partial charge in [-0.3, -0.25) is 14.6 Å². The molecule has 0 amide bonds. The fourth-order valence-electron chi connectivity index (χ4n) is 3.03. The van der Waals surface area contributed by atoms with Crippen LogP contribution in [0.25, 0.3) is 0 Å². The molecule has 1 aliphatic rings. The summed E-state index contributed by atoms with van der Waals surface area (Å²) < 4.78 is 11.1. The van der Waals surface area contributed by atoms with Gasteiger partial charge in [0.1, 0.15) is 11.7 Å². The van der Waals surface area contributed by atoms with E-state index in [1.54, 1.807) is 7.05 Å². The van der Waals surface area contributed by atoms with Crippen molar-refractivity contribution in [3.05, 3.63) is 23.8 Å². The van der Waals surface area contributed by atoms with Crippen LogP contribution in [-0.4, -0.2) is 37.5 Å². The number of aliphatic imine (C=N–C) groups is 1. The van der Waals surface area contributed by atoms with Crippen molar-refractivity contribution in [3.8, 4) is 11.5 Å². The van der Waals surface area contributed by atoms with Gasteiger partial charge in [0.2, 0.25) is 0 Å². The van der Waals surface area contributed by atoms with Crippen LogP contribution in [0.5, 0.6) is 11.5 Å². The lowest BCUT2D eigenvalue weighted by atomic mass is 9.81. The van der Waals surface area contributed by atoms with Crippen molar-refractivity contribution < 1.29 is 19.1 Å². The molecule has 1 aliphatic carbocycles. The van der Waals surface area contributed by atoms with Crippen LogP contribution in [0.3, 0.4) is 0 Å². The lowest BCUT2D eigenvalue weighted by Crippen LogP contribution is -2.36. The van der Waals surface area contributed by atoms with Crippen molar-refractivity contribution in [2.24, 2.45) is 10.9 Å². The van der Waals surface area contributed by atoms with Crippen molar-refractivity contribution in [2.45, 2.75) is 39.5 Å². The smallest absolute Gasteiger partial charge is 0.161 e. The Balaban J connectivity index is 2.18. The Bertz CT molecular complexity index is 636. The second-order valence-electron chi connectivity index (χ2n) is 5.76. The molecule has 24 heavy (non-hydrogen) atoms. The summed E-state index contributed by atoms with van der Waals surface area (Å²) in [6.07, 6.45) is 2.17. The number of hydrogen-bond donors (Lipinski definition) is 0. The normalized spacial score (nSPS) is 19.4. The highest BCUT2D eigenvalue weighted by Crippen LogP contribution is 2.29. The Morgan fingerprint density at radius 1 is 1.17 bits per heavy atom. The summed E-state index contributed by atoms with van der Waals surface area (Å²) in [6, 6.07) is 5.48. The monoisotopic (exact) mass is 331 g/mol. The maximum atomic E-state index is 12.7. The SMILES string of the molecule is CCOc1ccc(CC(=O)[C@@H]2C(=O)CCCC2=NC)cc1OCC. The predicted molar refractivity (Wildman–Crippen MR) is 93.2 cm³/mol. The van der Waals surface area contributed by atoms with Crippen molar-refractivity contribution in [1.29, 1.82) is 0 Å². The highest BCUT2D eigenvalue weighted by Gasteiger charge is 2.33. The molecule has 1 atom stereocenters. The number of carbonyl (C=O) groups is 2. The van der Waals surface area contributed by atoms with Crippen LogP contribution < -0.4 is 9.47 Å². The Kier molecular flexibility index (Phi) is 6.53. The fraction of sp³-hybridized carbons (Fsp3) is 0.526. The predicted octanol–water partition coefficient (Wildman–Crippen LogP) is 3.04. The van der Waals surface area contributed by atoms with Gasteiger partial charge in [0.15, 0.2) is 17.3 Å². The Morgan fingerprint density at radius 2 is 1.88 bits per heavy atom. The topological polar surface area (TPSA) is 65.0 Å². The molecule has 0 aromatic heterocycles. The molecule has 0 unspecified atom stereocenters. The van der Waals surface area contributed by atoms with Crippen molar-refractivity contribution in [2.75, 3.05) is 20.3 Å². The Morgan fingerprint density at radius 3 is 2.54 bits per heavy atom. The van der Waals surface area contributed by atoms with Crippen molar-refractivity contribution >= 4 is 17.3 Å². The number of carbonyl (C=O) groups excluding carboxylic acids is 2. The van der Waals surface area contributed by atoms with Crippen LogP contribution in [0, 0.1) is 5.92 Å². The first-order valence-corrected chi connectivity index (χ1v) is 8.50. The molecule has 0 bridgehead atoms. The number of benzene rings is 1. The molecule has 0 N–H and O–H groups in total. The minimum Gasteiger partial charge on any atom is -0.490 e. The van der Waals surface area contributed by atoms with E-state index in [2.05, 4.69) is 4.99 Å². The van der Waals surface area contributed by atoms with Crippen LogP contribution in [0.2, 0.25) is 0 Å². The minimum absolute atomic E-state index is 0.0113. The molecule has 2 rings (SSSR count). The van der Waals surface area contributed by atoms with E-state index in [9.17, 15) is 9.59 Å². The highest BCUT2D eigenvalue weighted by molar-refractivity contribution is 6.22. The van der Waals surface area contributed by atoms with E-state index in [1.165, 1.54) is 0 Å². The Labute approximate surface area is 143 Å². The second-order valence-corrected chi connectivity index (χ2v) is 5.76. The van der Waals surface area contributed by atoms with E-state index < -0.39 is 5.92 Å². The number of hydrogen-bond acceptors (Lipinski definition) is 5. The maximum Gasteiger partial charge on any atom is 0.161 e. The van der Waals surface area contributed by atoms with E-state index in [-0.39, 0.29) is 18.0 Å². The average Bonchev–Trinajstić information content (AvgIpc) is 2.57. The third kappa shape index (κ3) is 4.22. The first-order valence-electron chi connectivity index (χ1n) is 8.50. The number of Topliss-reactive ketones (excluding diaryl/α,β-unsaturated/α-hetero) is 2. The van der Waals surface area contributed by atoms with E-state index >= 15 is 0 Å². The molecule has 5 heteroatoms. The van der Waals surface area contributed by atoms with Crippen LogP contribution in [0.15, 0.2) is 23.2 Å². The van der Waals surface area contributed by atoms with Gasteiger partial charge < -0.3 is 9.47 Å². The summed E-state index contributed by atoms with van der Waals surface area (Å²) in [6.45, 7) is 4.88. The third-order valence-corrected chi connectivity index (χ3v) is 4.11. The summed E-state index contributed by atoms with van der Waals surface area (Å²) in [5.74, 6) is 0.518. The van der Waals surface area contributed by atoms with Gasteiger partial charge >= 0.3 is 0 Å². The standard InChI is InChI=1S/C19H25NO4/c1-4-23-17-10-9-13(12-18(17)24-5-2)11-16(22)19-14(20-3)7-6-8-15(19)21/h9-10,12,19H,4-8,11H2,1-3H3/t19-/m0/s1. The number of nitrogens with zero attached hydrogens (tertiary/aromatic N) is 1. The summed E-state index contributed by atoms with van der Waals surface area (Å²) in [5.41, 5.74) is 1.54. The maximum absolute atomic E-state index is 12.7. The average molecular weight is 331 g/mol. The van der Waals surface area contributed by atoms with Crippen molar-refractivity contribution in [1.82, 2.24) is 0 Å². The summed E-state index contributed by atoms with van der Waals surface area (Å²) >= 11 is 0. The molecule has 1 aromatic carbocycles. The van der Waals surface area contributed by atoms with E-state index in [1.807, 2.05) is 32.0 Å². The van der Waals surface area contributed by atoms with Gasteiger partial charge in [0.25, 0.3) is 0 Å². The van der Waals surface area contributed by atoms with Gasteiger partial charge in [-0.1, -0.05) is 6.07 Å². The lowest BCUT2D eigenvalue weighted by molar-refractivity contribution is -0.130. The zero-order valence-electron chi connectivity index (χ0n) is 14.6. The first-order chi connectivity index (χ1) is 11.6. The molecule has 0 heterocycles. The van der Waals surface area contributed by atoms with Gasteiger partial charge in [0, 0.05) is 25.6 Å². The van der Waals surface area contributed by atoms with Crippen LogP contribution >= 0.6 is 0 Å². The summed E-state index contributed by atoms with van der Waals surface area (Å²) in [4.78, 5) is 29.0. The quantitative estimate of drug-likeness (QED) is 0.720. The van der Waals surface area contributed by atoms with E-state index in [0.29, 0.717) is 36.8 Å². The van der Waals surface area contributed by atoms with Gasteiger partial charge in [-0.15, -0.1) is 0 Å². The molecule has 0 spiro atoms. The molecule has 130 valence electrons. The molecular formula is C19H25NO4. The van der Waals surface area contributed by atoms with Crippen LogP contribution in [0.1, 0.15) is 38.7 Å². The van der Waals surface area contributed by atoms with Gasteiger partial charge in [-0.05, 0) is 44.4 Å². The zero-order valence-corrected chi connectivity index (χ0v) is 14.6. The second kappa shape index (κ2) is 8.62. The van der Waals surface area contributed by atoms with Crippen molar-refractivity contribution in [3.63, 3.8) is 0 Å². The fourth-order valence-corrected chi connectivity index (χ4v) is 3.03. The minimum atomic E-state index is -0.675. The van der Waals surface area contributed by atoms with Crippen LogP contribution in [0.4, 0.5) is 0 Å². The van der Waals surface area contributed by atoms with Gasteiger partial charge in [-0.25, -0.2) is 0 Å². The van der Waals surface area contributed by atoms with E-state index in [0.717, 1.165) is 18.4 Å². The van der Waals surface area contributed by atoms with Gasteiger partial charge in [0.05, 0.1) is 13.2 Å². The molecule has 1 fully saturated rings. The molecule has 1 aromatic rings. The molecule has 0 saturated heterocycles. The number of ether oxygens (including phenoxy) is 2. The van der Waals surface area contributed by atoms with E-state index in [4.69, 9.17) is 9.47 Å². The molecule has 1 saturated carbocycles. The largest absolute Gasteiger partial charge is 0.490 e. The summed E-state index contributed by atoms with van der Waals surface area (Å²) in [5, 5.41) is 0. The number of rotatable bonds is 7. The zero-order chi connectivity index (χ0) is 17.5. The molecule has 0 radical (unpaired) electrons. The molecule has 0 aliphatic heterocycles. The molecular weight excluding hydrogens is 306 g/mol. The molecule has 5 nitrogen and oxygen atoms in total. The van der Waals surface area contributed by atoms with Gasteiger partial charge in [-0.2, -0.15) is 0 Å². The number of ketones is 2. The lowest BCUT2D eigenvalue weighted by Gasteiger charge is -2.22. The summed E-state index contributed by atoms with van der Waals surface area (Å²) in [7, 11) is 1.65. The highest BCUT2D eigenvalue weighted by atomic mass is 16.5.